The fourth-order valence-corrected chi connectivity index (χ4v) is 2.45. The summed E-state index contributed by atoms with van der Waals surface area (Å²) in [6.07, 6.45) is -0.532. The van der Waals surface area contributed by atoms with E-state index in [-0.39, 0.29) is 0 Å². The van der Waals surface area contributed by atoms with E-state index in [1.807, 2.05) is 18.2 Å². The maximum Gasteiger partial charge on any atom is 0.166 e. The zero-order valence-corrected chi connectivity index (χ0v) is 12.2. The van der Waals surface area contributed by atoms with Gasteiger partial charge in [-0.1, -0.05) is 11.8 Å². The van der Waals surface area contributed by atoms with Gasteiger partial charge in [-0.3, -0.25) is 0 Å². The van der Waals surface area contributed by atoms with Crippen molar-refractivity contribution in [1.29, 1.82) is 0 Å². The van der Waals surface area contributed by atoms with Gasteiger partial charge in [-0.15, -0.1) is 0 Å². The number of imidazole rings is 1. The maximum atomic E-state index is 9.78. The van der Waals surface area contributed by atoms with Crippen LogP contribution in [0.3, 0.4) is 0 Å². The molecule has 7 heteroatoms. The average Bonchev–Trinajstić information content (AvgIpc) is 2.83. The van der Waals surface area contributed by atoms with Crippen LogP contribution < -0.4 is 5.73 Å². The standard InChI is InChI=1S/C13H19N3O3S/c1-18-4-5-19-7-10(17)8-20-13-15-11-3-2-9(14)6-12(11)16-13/h2-3,6,10,17H,4-5,7-8,14H2,1H3,(H,15,16). The summed E-state index contributed by atoms with van der Waals surface area (Å²) < 4.78 is 10.1. The predicted molar refractivity (Wildman–Crippen MR) is 79.9 cm³/mol. The van der Waals surface area contributed by atoms with Gasteiger partial charge in [0.2, 0.25) is 0 Å². The lowest BCUT2D eigenvalue weighted by molar-refractivity contribution is 0.0218. The molecule has 0 radical (unpaired) electrons. The van der Waals surface area contributed by atoms with Crippen molar-refractivity contribution in [2.75, 3.05) is 38.4 Å². The number of aliphatic hydroxyl groups is 1. The van der Waals surface area contributed by atoms with Crippen LogP contribution in [0, 0.1) is 0 Å². The second-order valence-electron chi connectivity index (χ2n) is 4.35. The SMILES string of the molecule is COCCOCC(O)CSc1nc2ccc(N)cc2[nH]1. The first-order valence-electron chi connectivity index (χ1n) is 6.32. The molecule has 0 saturated heterocycles. The molecule has 1 unspecified atom stereocenters. The van der Waals surface area contributed by atoms with Crippen molar-refractivity contribution in [2.24, 2.45) is 0 Å². The number of rotatable bonds is 8. The molecule has 0 bridgehead atoms. The molecule has 1 heterocycles. The van der Waals surface area contributed by atoms with E-state index in [2.05, 4.69) is 9.97 Å². The van der Waals surface area contributed by atoms with Gasteiger partial charge in [-0.25, -0.2) is 4.98 Å². The number of aliphatic hydroxyl groups excluding tert-OH is 1. The molecule has 6 nitrogen and oxygen atoms in total. The van der Waals surface area contributed by atoms with Crippen LogP contribution in [0.4, 0.5) is 5.69 Å². The fraction of sp³-hybridized carbons (Fsp3) is 0.462. The number of nitrogens with zero attached hydrogens (tertiary/aromatic N) is 1. The number of anilines is 1. The van der Waals surface area contributed by atoms with E-state index in [9.17, 15) is 5.11 Å². The Morgan fingerprint density at radius 1 is 1.45 bits per heavy atom. The van der Waals surface area contributed by atoms with Crippen LogP contribution in [-0.2, 0) is 9.47 Å². The fourth-order valence-electron chi connectivity index (χ4n) is 1.66. The van der Waals surface area contributed by atoms with E-state index in [1.165, 1.54) is 11.8 Å². The number of thioether (sulfide) groups is 1. The van der Waals surface area contributed by atoms with Gasteiger partial charge in [0.15, 0.2) is 5.16 Å². The number of aromatic nitrogens is 2. The highest BCUT2D eigenvalue weighted by molar-refractivity contribution is 7.99. The lowest BCUT2D eigenvalue weighted by Crippen LogP contribution is -2.19. The molecule has 0 aliphatic heterocycles. The highest BCUT2D eigenvalue weighted by atomic mass is 32.2. The lowest BCUT2D eigenvalue weighted by atomic mass is 10.3. The molecule has 0 aliphatic carbocycles. The third kappa shape index (κ3) is 4.38. The maximum absolute atomic E-state index is 9.78. The Morgan fingerprint density at radius 3 is 3.10 bits per heavy atom. The Bertz CT molecular complexity index is 547. The molecule has 2 rings (SSSR count). The van der Waals surface area contributed by atoms with E-state index in [0.29, 0.717) is 31.3 Å². The minimum atomic E-state index is -0.532. The Balaban J connectivity index is 1.80. The number of nitrogens with two attached hydrogens (primary N) is 1. The molecule has 0 aliphatic rings. The molecule has 0 amide bonds. The van der Waals surface area contributed by atoms with Gasteiger partial charge < -0.3 is 25.3 Å². The second-order valence-corrected chi connectivity index (χ2v) is 5.36. The van der Waals surface area contributed by atoms with Crippen molar-refractivity contribution in [3.05, 3.63) is 18.2 Å². The molecule has 1 aromatic carbocycles. The molecule has 4 N–H and O–H groups in total. The van der Waals surface area contributed by atoms with Gasteiger partial charge in [0.1, 0.15) is 0 Å². The highest BCUT2D eigenvalue weighted by Crippen LogP contribution is 2.21. The summed E-state index contributed by atoms with van der Waals surface area (Å²) in [5.41, 5.74) is 8.18. The first-order chi connectivity index (χ1) is 9.69. The van der Waals surface area contributed by atoms with Gasteiger partial charge in [-0.05, 0) is 18.2 Å². The van der Waals surface area contributed by atoms with Crippen molar-refractivity contribution in [3.8, 4) is 0 Å². The largest absolute Gasteiger partial charge is 0.399 e. The van der Waals surface area contributed by atoms with Crippen molar-refractivity contribution in [3.63, 3.8) is 0 Å². The molecule has 0 saturated carbocycles. The lowest BCUT2D eigenvalue weighted by Gasteiger charge is -2.09. The summed E-state index contributed by atoms with van der Waals surface area (Å²) >= 11 is 1.46. The van der Waals surface area contributed by atoms with Gasteiger partial charge >= 0.3 is 0 Å². The van der Waals surface area contributed by atoms with E-state index < -0.39 is 6.10 Å². The molecule has 1 aromatic heterocycles. The Kier molecular flexibility index (Phi) is 5.66. The number of methoxy groups -OCH3 is 1. The van der Waals surface area contributed by atoms with Crippen molar-refractivity contribution in [1.82, 2.24) is 9.97 Å². The molecule has 20 heavy (non-hydrogen) atoms. The quantitative estimate of drug-likeness (QED) is 0.386. The topological polar surface area (TPSA) is 93.4 Å². The minimum absolute atomic E-state index is 0.295. The summed E-state index contributed by atoms with van der Waals surface area (Å²) in [7, 11) is 1.62. The molecule has 0 spiro atoms. The average molecular weight is 297 g/mol. The molecular weight excluding hydrogens is 278 g/mol. The van der Waals surface area contributed by atoms with Crippen molar-refractivity contribution >= 4 is 28.5 Å². The molecule has 2 aromatic rings. The third-order valence-electron chi connectivity index (χ3n) is 2.64. The first kappa shape index (κ1) is 15.1. The molecule has 0 fully saturated rings. The number of fused-ring (bicyclic) bond motifs is 1. The molecule has 110 valence electrons. The van der Waals surface area contributed by atoms with Crippen LogP contribution in [0.2, 0.25) is 0 Å². The van der Waals surface area contributed by atoms with Gasteiger partial charge in [-0.2, -0.15) is 0 Å². The minimum Gasteiger partial charge on any atom is -0.399 e. The van der Waals surface area contributed by atoms with Gasteiger partial charge in [0, 0.05) is 18.6 Å². The van der Waals surface area contributed by atoms with Crippen LogP contribution in [0.1, 0.15) is 0 Å². The van der Waals surface area contributed by atoms with E-state index >= 15 is 0 Å². The number of nitrogens with one attached hydrogen (secondary N) is 1. The number of nitrogen functional groups attached to an aromatic ring is 1. The van der Waals surface area contributed by atoms with Gasteiger partial charge in [0.25, 0.3) is 0 Å². The molecular formula is C13H19N3O3S. The number of H-pyrrole nitrogens is 1. The summed E-state index contributed by atoms with van der Waals surface area (Å²) in [5, 5.41) is 10.5. The van der Waals surface area contributed by atoms with E-state index in [4.69, 9.17) is 15.2 Å². The number of benzene rings is 1. The third-order valence-corrected chi connectivity index (χ3v) is 3.66. The van der Waals surface area contributed by atoms with Crippen LogP contribution in [0.15, 0.2) is 23.4 Å². The first-order valence-corrected chi connectivity index (χ1v) is 7.30. The second kappa shape index (κ2) is 7.49. The zero-order valence-electron chi connectivity index (χ0n) is 11.3. The van der Waals surface area contributed by atoms with Crippen LogP contribution in [0.5, 0.6) is 0 Å². The summed E-state index contributed by atoms with van der Waals surface area (Å²) in [5.74, 6) is 0.516. The summed E-state index contributed by atoms with van der Waals surface area (Å²) in [6.45, 7) is 1.32. The number of aromatic amines is 1. The van der Waals surface area contributed by atoms with Gasteiger partial charge in [0.05, 0.1) is 37.0 Å². The Morgan fingerprint density at radius 2 is 2.30 bits per heavy atom. The monoisotopic (exact) mass is 297 g/mol. The number of ether oxygens (including phenoxy) is 2. The zero-order chi connectivity index (χ0) is 14.4. The summed E-state index contributed by atoms with van der Waals surface area (Å²) in [6, 6.07) is 5.53. The van der Waals surface area contributed by atoms with Crippen molar-refractivity contribution in [2.45, 2.75) is 11.3 Å². The number of hydrogen-bond acceptors (Lipinski definition) is 6. The highest BCUT2D eigenvalue weighted by Gasteiger charge is 2.08. The van der Waals surface area contributed by atoms with Crippen LogP contribution in [0.25, 0.3) is 11.0 Å². The van der Waals surface area contributed by atoms with Crippen LogP contribution in [-0.4, -0.2) is 53.9 Å². The van der Waals surface area contributed by atoms with Crippen LogP contribution >= 0.6 is 11.8 Å². The van der Waals surface area contributed by atoms with E-state index in [0.717, 1.165) is 16.2 Å². The Labute approximate surface area is 121 Å². The van der Waals surface area contributed by atoms with E-state index in [1.54, 1.807) is 7.11 Å². The molecule has 1 atom stereocenters. The normalized spacial score (nSPS) is 12.9. The number of hydrogen-bond donors (Lipinski definition) is 3. The smallest absolute Gasteiger partial charge is 0.166 e. The predicted octanol–water partition coefficient (Wildman–Crippen LogP) is 1.26. The van der Waals surface area contributed by atoms with Crippen molar-refractivity contribution < 1.29 is 14.6 Å². The summed E-state index contributed by atoms with van der Waals surface area (Å²) in [4.78, 5) is 7.58. The Hall–Kier alpha value is -1.28.